The Morgan fingerprint density at radius 2 is 2.00 bits per heavy atom. The number of thiocarbonyl (C=S) groups is 1. The van der Waals surface area contributed by atoms with E-state index < -0.39 is 0 Å². The summed E-state index contributed by atoms with van der Waals surface area (Å²) in [5.41, 5.74) is 8.94. The van der Waals surface area contributed by atoms with Crippen molar-refractivity contribution in [3.05, 3.63) is 88.5 Å². The van der Waals surface area contributed by atoms with E-state index in [1.807, 2.05) is 60.9 Å². The highest BCUT2D eigenvalue weighted by molar-refractivity contribution is 7.80. The van der Waals surface area contributed by atoms with Gasteiger partial charge in [-0.15, -0.1) is 0 Å². The molecule has 0 atom stereocenters. The summed E-state index contributed by atoms with van der Waals surface area (Å²) in [5, 5.41) is 0.736. The minimum absolute atomic E-state index is 0.414. The molecule has 1 aromatic heterocycles. The number of hydrogen-bond donors (Lipinski definition) is 1. The Morgan fingerprint density at radius 1 is 1.17 bits per heavy atom. The van der Waals surface area contributed by atoms with Gasteiger partial charge >= 0.3 is 0 Å². The average Bonchev–Trinajstić information content (AvgIpc) is 2.94. The van der Waals surface area contributed by atoms with Gasteiger partial charge in [-0.2, -0.15) is 0 Å². The van der Waals surface area contributed by atoms with Gasteiger partial charge in [-0.25, -0.2) is 4.98 Å². The number of imidazole rings is 1. The van der Waals surface area contributed by atoms with Crippen LogP contribution in [0.15, 0.2) is 60.9 Å². The minimum Gasteiger partial charge on any atom is -0.389 e. The molecule has 23 heavy (non-hydrogen) atoms. The van der Waals surface area contributed by atoms with E-state index in [9.17, 15) is 0 Å². The fourth-order valence-electron chi connectivity index (χ4n) is 2.56. The fourth-order valence-corrected chi connectivity index (χ4v) is 2.97. The first-order chi connectivity index (χ1) is 11.1. The average molecular weight is 342 g/mol. The molecule has 0 saturated carbocycles. The van der Waals surface area contributed by atoms with Gasteiger partial charge in [0.05, 0.1) is 0 Å². The second-order valence-corrected chi connectivity index (χ2v) is 6.18. The first-order valence-corrected chi connectivity index (χ1v) is 8.04. The van der Waals surface area contributed by atoms with Crippen LogP contribution in [0.2, 0.25) is 5.02 Å². The summed E-state index contributed by atoms with van der Waals surface area (Å²) in [5.74, 6) is 0.977. The van der Waals surface area contributed by atoms with Crippen molar-refractivity contribution in [2.24, 2.45) is 5.73 Å². The lowest BCUT2D eigenvalue weighted by atomic mass is 10.1. The van der Waals surface area contributed by atoms with Gasteiger partial charge in [0.1, 0.15) is 10.8 Å². The molecule has 2 N–H and O–H groups in total. The molecule has 0 spiro atoms. The van der Waals surface area contributed by atoms with E-state index in [4.69, 9.17) is 29.6 Å². The molecule has 5 heteroatoms. The highest BCUT2D eigenvalue weighted by atomic mass is 35.5. The second kappa shape index (κ2) is 6.94. The van der Waals surface area contributed by atoms with E-state index in [2.05, 4.69) is 9.55 Å². The normalized spacial score (nSPS) is 10.7. The first-order valence-electron chi connectivity index (χ1n) is 7.25. The number of nitrogens with two attached hydrogens (primary N) is 1. The van der Waals surface area contributed by atoms with Crippen molar-refractivity contribution in [1.82, 2.24) is 9.55 Å². The zero-order chi connectivity index (χ0) is 16.2. The standard InChI is InChI=1S/C18H16ClN3S/c19-15-6-3-4-13(10-15)11-17-21-8-9-22(17)12-14-5-1-2-7-16(14)18(20)23/h1-10H,11-12H2,(H2,20,23). The molecule has 0 aliphatic rings. The van der Waals surface area contributed by atoms with E-state index in [-0.39, 0.29) is 0 Å². The summed E-state index contributed by atoms with van der Waals surface area (Å²) in [4.78, 5) is 4.88. The van der Waals surface area contributed by atoms with Gasteiger partial charge in [0.2, 0.25) is 0 Å². The summed E-state index contributed by atoms with van der Waals surface area (Å²) < 4.78 is 2.11. The third-order valence-corrected chi connectivity index (χ3v) is 4.13. The van der Waals surface area contributed by atoms with Gasteiger partial charge in [0.25, 0.3) is 0 Å². The molecule has 0 unspecified atom stereocenters. The monoisotopic (exact) mass is 341 g/mol. The predicted molar refractivity (Wildman–Crippen MR) is 97.9 cm³/mol. The molecule has 0 fully saturated rings. The van der Waals surface area contributed by atoms with Crippen LogP contribution in [0, 0.1) is 0 Å². The van der Waals surface area contributed by atoms with Crippen molar-refractivity contribution in [3.8, 4) is 0 Å². The van der Waals surface area contributed by atoms with Gasteiger partial charge < -0.3 is 10.3 Å². The molecule has 0 radical (unpaired) electrons. The van der Waals surface area contributed by atoms with Crippen LogP contribution in [0.5, 0.6) is 0 Å². The van der Waals surface area contributed by atoms with Gasteiger partial charge in [-0.05, 0) is 23.3 Å². The van der Waals surface area contributed by atoms with Gasteiger partial charge in [0, 0.05) is 35.9 Å². The largest absolute Gasteiger partial charge is 0.389 e. The van der Waals surface area contributed by atoms with Crippen LogP contribution < -0.4 is 5.73 Å². The highest BCUT2D eigenvalue weighted by Crippen LogP contribution is 2.16. The van der Waals surface area contributed by atoms with Crippen molar-refractivity contribution in [1.29, 1.82) is 0 Å². The molecule has 3 aromatic rings. The van der Waals surface area contributed by atoms with Crippen molar-refractivity contribution in [2.45, 2.75) is 13.0 Å². The number of rotatable bonds is 5. The Bertz CT molecular complexity index is 842. The summed E-state index contributed by atoms with van der Waals surface area (Å²) in [6, 6.07) is 15.8. The maximum absolute atomic E-state index is 6.05. The third-order valence-electron chi connectivity index (χ3n) is 3.68. The molecule has 0 saturated heterocycles. The molecular weight excluding hydrogens is 326 g/mol. The Hall–Kier alpha value is -2.17. The SMILES string of the molecule is NC(=S)c1ccccc1Cn1ccnc1Cc1cccc(Cl)c1. The molecule has 0 bridgehead atoms. The van der Waals surface area contributed by atoms with Crippen molar-refractivity contribution in [3.63, 3.8) is 0 Å². The number of nitrogens with zero attached hydrogens (tertiary/aromatic N) is 2. The lowest BCUT2D eigenvalue weighted by Gasteiger charge is -2.12. The fraction of sp³-hybridized carbons (Fsp3) is 0.111. The molecule has 0 aliphatic heterocycles. The van der Waals surface area contributed by atoms with Crippen LogP contribution in [-0.2, 0) is 13.0 Å². The number of halogens is 1. The lowest BCUT2D eigenvalue weighted by molar-refractivity contribution is 0.740. The number of aromatic nitrogens is 2. The van der Waals surface area contributed by atoms with E-state index in [0.29, 0.717) is 11.5 Å². The maximum Gasteiger partial charge on any atom is 0.113 e. The van der Waals surface area contributed by atoms with Crippen molar-refractivity contribution >= 4 is 28.8 Å². The van der Waals surface area contributed by atoms with Crippen LogP contribution in [0.3, 0.4) is 0 Å². The molecule has 3 nitrogen and oxygen atoms in total. The smallest absolute Gasteiger partial charge is 0.113 e. The van der Waals surface area contributed by atoms with Crippen LogP contribution in [0.1, 0.15) is 22.5 Å². The van der Waals surface area contributed by atoms with Crippen LogP contribution in [-0.4, -0.2) is 14.5 Å². The Kier molecular flexibility index (Phi) is 4.74. The van der Waals surface area contributed by atoms with Gasteiger partial charge in [0.15, 0.2) is 0 Å². The van der Waals surface area contributed by atoms with E-state index in [1.165, 1.54) is 0 Å². The highest BCUT2D eigenvalue weighted by Gasteiger charge is 2.09. The third kappa shape index (κ3) is 3.78. The van der Waals surface area contributed by atoms with Crippen LogP contribution >= 0.6 is 23.8 Å². The van der Waals surface area contributed by atoms with Crippen molar-refractivity contribution in [2.75, 3.05) is 0 Å². The Morgan fingerprint density at radius 3 is 2.78 bits per heavy atom. The topological polar surface area (TPSA) is 43.8 Å². The summed E-state index contributed by atoms with van der Waals surface area (Å²) in [6.45, 7) is 0.684. The molecular formula is C18H16ClN3S. The molecule has 0 amide bonds. The van der Waals surface area contributed by atoms with Crippen LogP contribution in [0.4, 0.5) is 0 Å². The predicted octanol–water partition coefficient (Wildman–Crippen LogP) is 3.81. The van der Waals surface area contributed by atoms with Gasteiger partial charge in [-0.1, -0.05) is 60.2 Å². The zero-order valence-electron chi connectivity index (χ0n) is 12.4. The zero-order valence-corrected chi connectivity index (χ0v) is 14.0. The van der Waals surface area contributed by atoms with E-state index in [1.54, 1.807) is 0 Å². The quantitative estimate of drug-likeness (QED) is 0.718. The molecule has 1 heterocycles. The summed E-state index contributed by atoms with van der Waals surface area (Å²) >= 11 is 11.2. The van der Waals surface area contributed by atoms with E-state index >= 15 is 0 Å². The van der Waals surface area contributed by atoms with Crippen LogP contribution in [0.25, 0.3) is 0 Å². The second-order valence-electron chi connectivity index (χ2n) is 5.30. The molecule has 3 rings (SSSR count). The Balaban J connectivity index is 1.86. The molecule has 116 valence electrons. The minimum atomic E-state index is 0.414. The first kappa shape index (κ1) is 15.7. The summed E-state index contributed by atoms with van der Waals surface area (Å²) in [6.07, 6.45) is 4.50. The lowest BCUT2D eigenvalue weighted by Crippen LogP contribution is -2.14. The molecule has 2 aromatic carbocycles. The van der Waals surface area contributed by atoms with E-state index in [0.717, 1.165) is 34.0 Å². The summed E-state index contributed by atoms with van der Waals surface area (Å²) in [7, 11) is 0. The molecule has 0 aliphatic carbocycles. The number of hydrogen-bond acceptors (Lipinski definition) is 2. The van der Waals surface area contributed by atoms with Crippen molar-refractivity contribution < 1.29 is 0 Å². The van der Waals surface area contributed by atoms with Gasteiger partial charge in [-0.3, -0.25) is 0 Å². The number of benzene rings is 2. The Labute approximate surface area is 145 Å². The maximum atomic E-state index is 6.05.